The van der Waals surface area contributed by atoms with E-state index in [0.717, 1.165) is 11.9 Å². The number of carbonyl (C=O) groups is 1. The number of anilines is 2. The summed E-state index contributed by atoms with van der Waals surface area (Å²) in [6.07, 6.45) is 1.14. The van der Waals surface area contributed by atoms with Gasteiger partial charge in [0.25, 0.3) is 5.91 Å². The molecule has 0 radical (unpaired) electrons. The van der Waals surface area contributed by atoms with E-state index in [-0.39, 0.29) is 29.7 Å². The smallest absolute Gasteiger partial charge is 0.255 e. The Morgan fingerprint density at radius 1 is 1.00 bits per heavy atom. The predicted octanol–water partition coefficient (Wildman–Crippen LogP) is 5.08. The maximum atomic E-state index is 13.6. The Balaban J connectivity index is 1.77. The van der Waals surface area contributed by atoms with Crippen molar-refractivity contribution in [2.24, 2.45) is 0 Å². The van der Waals surface area contributed by atoms with Gasteiger partial charge in [0.15, 0.2) is 0 Å². The third kappa shape index (κ3) is 4.42. The number of hydrogen-bond acceptors (Lipinski definition) is 5. The molecule has 0 aliphatic carbocycles. The van der Waals surface area contributed by atoms with Gasteiger partial charge >= 0.3 is 0 Å². The second kappa shape index (κ2) is 9.19. The summed E-state index contributed by atoms with van der Waals surface area (Å²) in [5.74, 6) is -0.933. The van der Waals surface area contributed by atoms with Gasteiger partial charge < -0.3 is 14.6 Å². The highest BCUT2D eigenvalue weighted by Crippen LogP contribution is 2.43. The second-order valence-corrected chi connectivity index (χ2v) is 10.9. The quantitative estimate of drug-likeness (QED) is 0.402. The monoisotopic (exact) mass is 525 g/mol. The molecular weight excluding hydrogens is 500 g/mol. The molecule has 4 aromatic rings. The van der Waals surface area contributed by atoms with Crippen LogP contribution in [0.5, 0.6) is 0 Å². The summed E-state index contributed by atoms with van der Waals surface area (Å²) in [5.41, 5.74) is 2.94. The number of nitrogens with one attached hydrogen (secondary N) is 1. The minimum Gasteiger partial charge on any atom is -0.455 e. The summed E-state index contributed by atoms with van der Waals surface area (Å²) in [6.45, 7) is 2.45. The molecule has 1 aromatic heterocycles. The SMILES string of the molecule is CNC(=O)c1c(-c2ccc(F)cc2)oc2cc3c(cc12)C(C)N(c1ccc(F)cc1)CCN3S(C)(=O)=O. The fourth-order valence-corrected chi connectivity index (χ4v) is 5.79. The standard InChI is InChI=1S/C27H25F2N3O4S/c1-16-21-14-22-24(36-26(25(22)27(33)30-2)17-4-6-18(28)7-5-17)15-23(21)32(37(3,34)35)13-12-31(16)20-10-8-19(29)9-11-20/h4-11,14-16H,12-13H2,1-3H3,(H,30,33). The molecule has 0 fully saturated rings. The third-order valence-electron chi connectivity index (χ3n) is 6.69. The van der Waals surface area contributed by atoms with Crippen LogP contribution < -0.4 is 14.5 Å². The zero-order chi connectivity index (χ0) is 26.5. The van der Waals surface area contributed by atoms with Crippen LogP contribution in [0, 0.1) is 11.6 Å². The van der Waals surface area contributed by atoms with Gasteiger partial charge in [0.05, 0.1) is 30.1 Å². The van der Waals surface area contributed by atoms with E-state index in [9.17, 15) is 22.0 Å². The molecule has 1 unspecified atom stereocenters. The maximum absolute atomic E-state index is 13.6. The summed E-state index contributed by atoms with van der Waals surface area (Å²) in [7, 11) is -2.16. The molecule has 0 saturated carbocycles. The van der Waals surface area contributed by atoms with Gasteiger partial charge in [-0.1, -0.05) is 0 Å². The van der Waals surface area contributed by atoms with Crippen molar-refractivity contribution in [3.05, 3.63) is 83.4 Å². The third-order valence-corrected chi connectivity index (χ3v) is 7.87. The van der Waals surface area contributed by atoms with Crippen LogP contribution in [0.2, 0.25) is 0 Å². The van der Waals surface area contributed by atoms with E-state index in [2.05, 4.69) is 5.32 Å². The number of sulfonamides is 1. The molecule has 37 heavy (non-hydrogen) atoms. The van der Waals surface area contributed by atoms with Gasteiger partial charge in [-0.3, -0.25) is 9.10 Å². The highest BCUT2D eigenvalue weighted by atomic mass is 32.2. The van der Waals surface area contributed by atoms with Gasteiger partial charge in [-0.05, 0) is 67.1 Å². The number of fused-ring (bicyclic) bond motifs is 2. The van der Waals surface area contributed by atoms with Gasteiger partial charge in [0.2, 0.25) is 10.0 Å². The molecule has 10 heteroatoms. The van der Waals surface area contributed by atoms with Gasteiger partial charge in [-0.2, -0.15) is 0 Å². The molecule has 7 nitrogen and oxygen atoms in total. The Bertz CT molecular complexity index is 1600. The summed E-state index contributed by atoms with van der Waals surface area (Å²) in [5, 5.41) is 3.13. The lowest BCUT2D eigenvalue weighted by molar-refractivity contribution is 0.0964. The normalized spacial score (nSPS) is 16.0. The maximum Gasteiger partial charge on any atom is 0.255 e. The van der Waals surface area contributed by atoms with Crippen molar-refractivity contribution >= 4 is 38.3 Å². The predicted molar refractivity (Wildman–Crippen MR) is 139 cm³/mol. The van der Waals surface area contributed by atoms with Crippen LogP contribution in [0.1, 0.15) is 28.9 Å². The Morgan fingerprint density at radius 3 is 2.22 bits per heavy atom. The molecule has 1 amide bonds. The Hall–Kier alpha value is -3.92. The number of benzene rings is 3. The summed E-state index contributed by atoms with van der Waals surface area (Å²) >= 11 is 0. The number of halogens is 2. The molecule has 1 aliphatic rings. The average Bonchev–Trinajstić information content (AvgIpc) is 3.16. The first-order valence-electron chi connectivity index (χ1n) is 11.7. The first-order chi connectivity index (χ1) is 17.6. The fraction of sp³-hybridized carbons (Fsp3) is 0.222. The van der Waals surface area contributed by atoms with Gasteiger partial charge in [-0.15, -0.1) is 0 Å². The largest absolute Gasteiger partial charge is 0.455 e. The molecule has 1 N–H and O–H groups in total. The molecular formula is C27H25F2N3O4S. The molecule has 1 aliphatic heterocycles. The van der Waals surface area contributed by atoms with Crippen LogP contribution in [-0.4, -0.2) is 40.7 Å². The summed E-state index contributed by atoms with van der Waals surface area (Å²) < 4.78 is 60.3. The van der Waals surface area contributed by atoms with Crippen LogP contribution in [0.15, 0.2) is 65.1 Å². The first kappa shape index (κ1) is 24.8. The van der Waals surface area contributed by atoms with Crippen LogP contribution in [0.3, 0.4) is 0 Å². The molecule has 2 heterocycles. The van der Waals surface area contributed by atoms with Crippen LogP contribution in [0.25, 0.3) is 22.3 Å². The molecule has 5 rings (SSSR count). The topological polar surface area (TPSA) is 82.9 Å². The number of furan rings is 1. The Morgan fingerprint density at radius 2 is 1.62 bits per heavy atom. The van der Waals surface area contributed by atoms with Crippen molar-refractivity contribution < 1.29 is 26.4 Å². The first-order valence-corrected chi connectivity index (χ1v) is 13.5. The molecule has 1 atom stereocenters. The Kier molecular flexibility index (Phi) is 6.15. The van der Waals surface area contributed by atoms with Gasteiger partial charge in [-0.25, -0.2) is 17.2 Å². The molecule has 0 spiro atoms. The minimum atomic E-state index is -3.66. The van der Waals surface area contributed by atoms with E-state index in [1.807, 2.05) is 11.8 Å². The minimum absolute atomic E-state index is 0.160. The lowest BCUT2D eigenvalue weighted by Gasteiger charge is -2.29. The van der Waals surface area contributed by atoms with E-state index < -0.39 is 21.7 Å². The highest BCUT2D eigenvalue weighted by Gasteiger charge is 2.33. The zero-order valence-corrected chi connectivity index (χ0v) is 21.3. The Labute approximate surface area is 213 Å². The van der Waals surface area contributed by atoms with Crippen LogP contribution in [-0.2, 0) is 10.0 Å². The lowest BCUT2D eigenvalue weighted by atomic mass is 9.99. The van der Waals surface area contributed by atoms with E-state index in [4.69, 9.17) is 4.42 Å². The number of carbonyl (C=O) groups excluding carboxylic acids is 1. The number of hydrogen-bond donors (Lipinski definition) is 1. The second-order valence-electron chi connectivity index (χ2n) is 8.98. The van der Waals surface area contributed by atoms with Crippen molar-refractivity contribution in [3.8, 4) is 11.3 Å². The molecule has 192 valence electrons. The number of amides is 1. The van der Waals surface area contributed by atoms with Crippen LogP contribution >= 0.6 is 0 Å². The molecule has 0 bridgehead atoms. The lowest BCUT2D eigenvalue weighted by Crippen LogP contribution is -2.35. The summed E-state index contributed by atoms with van der Waals surface area (Å²) in [6, 6.07) is 14.7. The van der Waals surface area contributed by atoms with Gasteiger partial charge in [0.1, 0.15) is 23.0 Å². The van der Waals surface area contributed by atoms with E-state index in [1.54, 1.807) is 24.3 Å². The molecule has 3 aromatic carbocycles. The zero-order valence-electron chi connectivity index (χ0n) is 20.5. The van der Waals surface area contributed by atoms with E-state index >= 15 is 0 Å². The van der Waals surface area contributed by atoms with Crippen molar-refractivity contribution in [2.75, 3.05) is 35.6 Å². The van der Waals surface area contributed by atoms with Crippen molar-refractivity contribution in [1.29, 1.82) is 0 Å². The fourth-order valence-electron chi connectivity index (χ4n) is 4.86. The van der Waals surface area contributed by atoms with Crippen LogP contribution in [0.4, 0.5) is 20.2 Å². The van der Waals surface area contributed by atoms with E-state index in [1.165, 1.54) is 47.8 Å². The van der Waals surface area contributed by atoms with Gasteiger partial charge in [0, 0.05) is 36.3 Å². The van der Waals surface area contributed by atoms with Crippen molar-refractivity contribution in [1.82, 2.24) is 5.32 Å². The van der Waals surface area contributed by atoms with E-state index in [0.29, 0.717) is 34.3 Å². The van der Waals surface area contributed by atoms with Crippen molar-refractivity contribution in [3.63, 3.8) is 0 Å². The number of nitrogens with zero attached hydrogens (tertiary/aromatic N) is 2. The average molecular weight is 526 g/mol. The summed E-state index contributed by atoms with van der Waals surface area (Å²) in [4.78, 5) is 15.0. The number of rotatable bonds is 4. The highest BCUT2D eigenvalue weighted by molar-refractivity contribution is 7.92. The van der Waals surface area contributed by atoms with Crippen molar-refractivity contribution in [2.45, 2.75) is 13.0 Å². The molecule has 0 saturated heterocycles.